The molecule has 1 aliphatic heterocycles. The Balaban J connectivity index is 1.23. The number of hydrogen-bond donors (Lipinski definition) is 1. The molecule has 3 aromatic rings. The van der Waals surface area contributed by atoms with Crippen molar-refractivity contribution in [2.75, 3.05) is 6.61 Å². The minimum Gasteiger partial charge on any atom is -0.463 e. The highest BCUT2D eigenvalue weighted by Crippen LogP contribution is 2.43. The van der Waals surface area contributed by atoms with Crippen LogP contribution in [0.1, 0.15) is 74.7 Å². The number of carbonyl (C=O) groups excluding carboxylic acids is 2. The Kier molecular flexibility index (Phi) is 12.2. The summed E-state index contributed by atoms with van der Waals surface area (Å²) in [4.78, 5) is 29.5. The Morgan fingerprint density at radius 1 is 1.02 bits per heavy atom. The predicted octanol–water partition coefficient (Wildman–Crippen LogP) is 7.38. The van der Waals surface area contributed by atoms with Crippen LogP contribution in [-0.2, 0) is 25.4 Å². The molecule has 1 aromatic heterocycles. The summed E-state index contributed by atoms with van der Waals surface area (Å²) in [6, 6.07) is 21.5. The average Bonchev–Trinajstić information content (AvgIpc) is 3.26. The number of aliphatic hydroxyl groups excluding tert-OH is 1. The minimum atomic E-state index is -0.619. The SMILES string of the molecule is CC(C)OC(=O)CCC[C@H]1CC[C@@H]2[C@@H](C=CC(O)CCc3cccnc3)[C@H](OC(=O)c3ccc(-c4ccccc4)cc3)C[C@@H]2OC1. The Hall–Kier alpha value is -3.81. The van der Waals surface area contributed by atoms with Crippen LogP contribution in [0.5, 0.6) is 0 Å². The molecule has 2 heterocycles. The lowest BCUT2D eigenvalue weighted by molar-refractivity contribution is -0.147. The molecule has 46 heavy (non-hydrogen) atoms. The maximum Gasteiger partial charge on any atom is 0.338 e. The second-order valence-electron chi connectivity index (χ2n) is 13.0. The van der Waals surface area contributed by atoms with Crippen LogP contribution >= 0.6 is 0 Å². The first-order chi connectivity index (χ1) is 22.4. The average molecular weight is 626 g/mol. The molecule has 0 amide bonds. The number of aliphatic hydroxyl groups is 1. The molecule has 1 saturated heterocycles. The third kappa shape index (κ3) is 9.60. The molecule has 0 radical (unpaired) electrons. The van der Waals surface area contributed by atoms with Crippen molar-refractivity contribution in [2.45, 2.75) is 89.6 Å². The number of hydrogen-bond acceptors (Lipinski definition) is 7. The van der Waals surface area contributed by atoms with E-state index in [0.717, 1.165) is 48.8 Å². The molecule has 6 atom stereocenters. The highest BCUT2D eigenvalue weighted by molar-refractivity contribution is 5.90. The number of aromatic nitrogens is 1. The zero-order chi connectivity index (χ0) is 32.3. The van der Waals surface area contributed by atoms with Crippen molar-refractivity contribution in [3.63, 3.8) is 0 Å². The molecule has 1 saturated carbocycles. The van der Waals surface area contributed by atoms with Crippen LogP contribution in [0, 0.1) is 17.8 Å². The van der Waals surface area contributed by atoms with Gasteiger partial charge in [-0.15, -0.1) is 0 Å². The van der Waals surface area contributed by atoms with E-state index in [2.05, 4.69) is 11.1 Å². The zero-order valence-electron chi connectivity index (χ0n) is 27.0. The number of aryl methyl sites for hydroxylation is 1. The van der Waals surface area contributed by atoms with Gasteiger partial charge in [0.05, 0.1) is 23.9 Å². The van der Waals surface area contributed by atoms with Crippen LogP contribution in [0.4, 0.5) is 0 Å². The van der Waals surface area contributed by atoms with E-state index in [1.165, 1.54) is 0 Å². The first-order valence-electron chi connectivity index (χ1n) is 16.8. The lowest BCUT2D eigenvalue weighted by Gasteiger charge is -2.23. The number of carbonyl (C=O) groups is 2. The van der Waals surface area contributed by atoms with E-state index in [0.29, 0.717) is 37.4 Å². The van der Waals surface area contributed by atoms with Crippen molar-refractivity contribution in [2.24, 2.45) is 17.8 Å². The molecule has 0 spiro atoms. The second-order valence-corrected chi connectivity index (χ2v) is 13.0. The summed E-state index contributed by atoms with van der Waals surface area (Å²) in [7, 11) is 0. The summed E-state index contributed by atoms with van der Waals surface area (Å²) in [5, 5.41) is 10.8. The fourth-order valence-corrected chi connectivity index (χ4v) is 6.75. The smallest absolute Gasteiger partial charge is 0.338 e. The quantitative estimate of drug-likeness (QED) is 0.156. The molecule has 5 rings (SSSR count). The fraction of sp³-hybridized carbons (Fsp3) is 0.462. The van der Waals surface area contributed by atoms with Crippen molar-refractivity contribution in [1.82, 2.24) is 4.98 Å². The van der Waals surface area contributed by atoms with Gasteiger partial charge in [0.2, 0.25) is 0 Å². The van der Waals surface area contributed by atoms with Crippen molar-refractivity contribution < 1.29 is 28.9 Å². The number of nitrogens with zero attached hydrogens (tertiary/aromatic N) is 1. The van der Waals surface area contributed by atoms with E-state index in [1.807, 2.05) is 92.9 Å². The van der Waals surface area contributed by atoms with Crippen LogP contribution in [-0.4, -0.2) is 53.1 Å². The number of rotatable bonds is 13. The maximum atomic E-state index is 13.4. The number of pyridine rings is 1. The Labute approximate surface area is 273 Å². The van der Waals surface area contributed by atoms with Gasteiger partial charge >= 0.3 is 11.9 Å². The molecular weight excluding hydrogens is 578 g/mol. The third-order valence-corrected chi connectivity index (χ3v) is 9.17. The first-order valence-corrected chi connectivity index (χ1v) is 16.8. The van der Waals surface area contributed by atoms with E-state index < -0.39 is 6.10 Å². The van der Waals surface area contributed by atoms with E-state index in [9.17, 15) is 14.7 Å². The monoisotopic (exact) mass is 625 g/mol. The lowest BCUT2D eigenvalue weighted by atomic mass is 9.86. The van der Waals surface area contributed by atoms with Crippen molar-refractivity contribution in [3.8, 4) is 11.1 Å². The molecule has 244 valence electrons. The van der Waals surface area contributed by atoms with Gasteiger partial charge < -0.3 is 19.3 Å². The summed E-state index contributed by atoms with van der Waals surface area (Å²) in [5.74, 6) is -0.00612. The van der Waals surface area contributed by atoms with E-state index in [4.69, 9.17) is 14.2 Å². The summed E-state index contributed by atoms with van der Waals surface area (Å²) in [6.45, 7) is 4.37. The molecule has 2 aliphatic rings. The van der Waals surface area contributed by atoms with Gasteiger partial charge in [-0.1, -0.05) is 60.7 Å². The van der Waals surface area contributed by atoms with Gasteiger partial charge in [-0.2, -0.15) is 0 Å². The first kappa shape index (κ1) is 33.6. The molecule has 2 fully saturated rings. The number of fused-ring (bicyclic) bond motifs is 1. The minimum absolute atomic E-state index is 0.0312. The molecule has 0 bridgehead atoms. The normalized spacial score (nSPS) is 23.5. The van der Waals surface area contributed by atoms with Crippen LogP contribution in [0.15, 0.2) is 91.3 Å². The van der Waals surface area contributed by atoms with Gasteiger partial charge in [-0.05, 0) is 99.1 Å². The van der Waals surface area contributed by atoms with Gasteiger partial charge in [-0.3, -0.25) is 9.78 Å². The van der Waals surface area contributed by atoms with E-state index >= 15 is 0 Å². The summed E-state index contributed by atoms with van der Waals surface area (Å²) < 4.78 is 17.9. The van der Waals surface area contributed by atoms with Crippen molar-refractivity contribution >= 4 is 11.9 Å². The van der Waals surface area contributed by atoms with Gasteiger partial charge in [0.25, 0.3) is 0 Å². The molecule has 2 aromatic carbocycles. The van der Waals surface area contributed by atoms with E-state index in [1.54, 1.807) is 6.20 Å². The van der Waals surface area contributed by atoms with Gasteiger partial charge in [-0.25, -0.2) is 4.79 Å². The molecule has 1 N–H and O–H groups in total. The summed E-state index contributed by atoms with van der Waals surface area (Å²) >= 11 is 0. The molecule has 7 heteroatoms. The van der Waals surface area contributed by atoms with Crippen molar-refractivity contribution in [1.29, 1.82) is 0 Å². The topological polar surface area (TPSA) is 95.0 Å². The Bertz CT molecular complexity index is 1410. The largest absolute Gasteiger partial charge is 0.463 e. The molecular formula is C39H47NO6. The van der Waals surface area contributed by atoms with Crippen LogP contribution in [0.2, 0.25) is 0 Å². The van der Waals surface area contributed by atoms with Gasteiger partial charge in [0.1, 0.15) is 6.10 Å². The molecule has 7 nitrogen and oxygen atoms in total. The van der Waals surface area contributed by atoms with Crippen LogP contribution in [0.25, 0.3) is 11.1 Å². The van der Waals surface area contributed by atoms with Crippen LogP contribution in [0.3, 0.4) is 0 Å². The van der Waals surface area contributed by atoms with Gasteiger partial charge in [0.15, 0.2) is 0 Å². The third-order valence-electron chi connectivity index (χ3n) is 9.17. The number of benzene rings is 2. The summed E-state index contributed by atoms with van der Waals surface area (Å²) in [5.41, 5.74) is 3.74. The standard InChI is InChI=1S/C39H47NO6/c1-27(2)45-38(42)12-6-8-29-14-21-34-35(22-20-33(41)19-13-28-9-7-23-40-25-28)37(24-36(34)44-26-29)46-39(43)32-17-15-31(16-18-32)30-10-4-3-5-11-30/h3-5,7,9-11,15-18,20,22-23,25,27,29,33-37,41H,6,8,12-14,19,21,24,26H2,1-2H3/t29-,33?,34+,35+,36-,37+/m0/s1. The maximum absolute atomic E-state index is 13.4. The second kappa shape index (κ2) is 16.7. The molecule has 1 unspecified atom stereocenters. The van der Waals surface area contributed by atoms with Gasteiger partial charge in [0, 0.05) is 37.8 Å². The van der Waals surface area contributed by atoms with Crippen molar-refractivity contribution in [3.05, 3.63) is 102 Å². The summed E-state index contributed by atoms with van der Waals surface area (Å²) in [6.07, 6.45) is 12.4. The Morgan fingerprint density at radius 2 is 1.80 bits per heavy atom. The number of ether oxygens (including phenoxy) is 3. The van der Waals surface area contributed by atoms with Crippen LogP contribution < -0.4 is 0 Å². The van der Waals surface area contributed by atoms with E-state index in [-0.39, 0.29) is 42.1 Å². The predicted molar refractivity (Wildman–Crippen MR) is 178 cm³/mol. The fourth-order valence-electron chi connectivity index (χ4n) is 6.75. The lowest BCUT2D eigenvalue weighted by Crippen LogP contribution is -2.25. The number of esters is 2. The highest BCUT2D eigenvalue weighted by atomic mass is 16.6. The zero-order valence-corrected chi connectivity index (χ0v) is 27.0. The highest BCUT2D eigenvalue weighted by Gasteiger charge is 2.46. The Morgan fingerprint density at radius 3 is 2.54 bits per heavy atom. The molecule has 1 aliphatic carbocycles.